The van der Waals surface area contributed by atoms with E-state index >= 15 is 0 Å². The molecule has 3 aromatic rings. The molecule has 1 aromatic heterocycles. The molecule has 2 aromatic carbocycles. The zero-order chi connectivity index (χ0) is 40.0. The third-order valence-corrected chi connectivity index (χ3v) is 12.6. The molecular formula is C42H55F4N7O2S. The van der Waals surface area contributed by atoms with Gasteiger partial charge in [0.05, 0.1) is 5.92 Å². The average Bonchev–Trinajstić information content (AvgIpc) is 3.16. The van der Waals surface area contributed by atoms with E-state index in [2.05, 4.69) is 57.2 Å². The Bertz CT molecular complexity index is 1830. The molecule has 4 heterocycles. The number of hydrogen-bond donors (Lipinski definition) is 3. The number of alkyl halides is 3. The second kappa shape index (κ2) is 18.7. The van der Waals surface area contributed by atoms with Crippen molar-refractivity contribution in [1.82, 2.24) is 24.9 Å². The number of carbonyl (C=O) groups is 2. The highest BCUT2D eigenvalue weighted by atomic mass is 32.2. The number of rotatable bonds is 8. The van der Waals surface area contributed by atoms with Gasteiger partial charge in [0.15, 0.2) is 0 Å². The highest BCUT2D eigenvalue weighted by Crippen LogP contribution is 2.38. The second-order valence-corrected chi connectivity index (χ2v) is 17.2. The van der Waals surface area contributed by atoms with Crippen molar-refractivity contribution in [3.63, 3.8) is 0 Å². The summed E-state index contributed by atoms with van der Waals surface area (Å²) in [5.74, 6) is 0.149. The molecular weight excluding hydrogens is 743 g/mol. The van der Waals surface area contributed by atoms with Crippen LogP contribution in [-0.2, 0) is 15.8 Å². The molecule has 0 bridgehead atoms. The van der Waals surface area contributed by atoms with E-state index in [1.165, 1.54) is 25.7 Å². The number of anilines is 3. The number of halogens is 4. The van der Waals surface area contributed by atoms with Gasteiger partial charge in [-0.1, -0.05) is 26.0 Å². The molecule has 4 aliphatic rings. The van der Waals surface area contributed by atoms with E-state index in [1.807, 2.05) is 25.1 Å². The summed E-state index contributed by atoms with van der Waals surface area (Å²) in [6.07, 6.45) is 5.96. The number of carbonyl (C=O) groups excluding carboxylic acids is 2. The maximum absolute atomic E-state index is 14.5. The zero-order valence-corrected chi connectivity index (χ0v) is 33.7. The lowest BCUT2D eigenvalue weighted by Gasteiger charge is -2.33. The molecule has 1 saturated carbocycles. The fourth-order valence-corrected chi connectivity index (χ4v) is 9.07. The van der Waals surface area contributed by atoms with E-state index in [1.54, 1.807) is 29.0 Å². The third-order valence-electron chi connectivity index (χ3n) is 11.7. The molecule has 14 heteroatoms. The predicted molar refractivity (Wildman–Crippen MR) is 214 cm³/mol. The van der Waals surface area contributed by atoms with E-state index in [9.17, 15) is 27.2 Å². The SMILES string of the molecule is CN1CCC(c2ccc(C3CCC(=O)NC3=O)c(F)c2)CC1.Cc1cc(SNC2CCC(C)CC2)ccc1Nc1ncc(C(F)(F)F)c(N2CCCC(C)C2)n1. The van der Waals surface area contributed by atoms with Crippen LogP contribution in [0.3, 0.4) is 0 Å². The molecule has 2 unspecified atom stereocenters. The summed E-state index contributed by atoms with van der Waals surface area (Å²) in [5.41, 5.74) is 2.41. The van der Waals surface area contributed by atoms with Crippen molar-refractivity contribution >= 4 is 41.2 Å². The summed E-state index contributed by atoms with van der Waals surface area (Å²) in [6, 6.07) is 11.8. The first-order chi connectivity index (χ1) is 26.7. The Morgan fingerprint density at radius 3 is 2.32 bits per heavy atom. The van der Waals surface area contributed by atoms with Gasteiger partial charge >= 0.3 is 6.18 Å². The molecule has 9 nitrogen and oxygen atoms in total. The Kier molecular flexibility index (Phi) is 14.0. The summed E-state index contributed by atoms with van der Waals surface area (Å²) >= 11 is 1.64. The van der Waals surface area contributed by atoms with Gasteiger partial charge in [-0.25, -0.2) is 9.37 Å². The van der Waals surface area contributed by atoms with Gasteiger partial charge in [0.2, 0.25) is 17.8 Å². The van der Waals surface area contributed by atoms with E-state index in [-0.39, 0.29) is 35.8 Å². The minimum absolute atomic E-state index is 0.0348. The Balaban J connectivity index is 0.000000208. The lowest BCUT2D eigenvalue weighted by molar-refractivity contribution is -0.138. The summed E-state index contributed by atoms with van der Waals surface area (Å²) < 4.78 is 59.0. The van der Waals surface area contributed by atoms with E-state index in [0.29, 0.717) is 43.0 Å². The number of benzene rings is 2. The van der Waals surface area contributed by atoms with Crippen molar-refractivity contribution in [1.29, 1.82) is 0 Å². The van der Waals surface area contributed by atoms with Gasteiger partial charge in [-0.2, -0.15) is 18.2 Å². The lowest BCUT2D eigenvalue weighted by atomic mass is 9.85. The van der Waals surface area contributed by atoms with Crippen LogP contribution < -0.4 is 20.3 Å². The van der Waals surface area contributed by atoms with Gasteiger partial charge in [0.1, 0.15) is 17.2 Å². The first kappa shape index (κ1) is 41.9. The fraction of sp³-hybridized carbons (Fsp3) is 0.571. The van der Waals surface area contributed by atoms with Gasteiger partial charge < -0.3 is 15.1 Å². The molecule has 56 heavy (non-hydrogen) atoms. The number of nitrogens with zero attached hydrogens (tertiary/aromatic N) is 4. The van der Waals surface area contributed by atoms with Crippen LogP contribution in [0, 0.1) is 24.6 Å². The predicted octanol–water partition coefficient (Wildman–Crippen LogP) is 9.11. The van der Waals surface area contributed by atoms with Crippen LogP contribution in [0.25, 0.3) is 0 Å². The fourth-order valence-electron chi connectivity index (χ4n) is 8.16. The second-order valence-electron chi connectivity index (χ2n) is 16.3. The van der Waals surface area contributed by atoms with Crippen molar-refractivity contribution in [2.45, 2.75) is 114 Å². The maximum Gasteiger partial charge on any atom is 0.421 e. The Morgan fingerprint density at radius 1 is 0.911 bits per heavy atom. The Labute approximate surface area is 332 Å². The van der Waals surface area contributed by atoms with Crippen LogP contribution in [0.15, 0.2) is 47.5 Å². The molecule has 1 aliphatic carbocycles. The summed E-state index contributed by atoms with van der Waals surface area (Å²) in [5, 5.41) is 5.42. The van der Waals surface area contributed by atoms with Crippen LogP contribution in [0.2, 0.25) is 0 Å². The summed E-state index contributed by atoms with van der Waals surface area (Å²) in [7, 11) is 2.10. The smallest absolute Gasteiger partial charge is 0.356 e. The largest absolute Gasteiger partial charge is 0.421 e. The van der Waals surface area contributed by atoms with E-state index in [0.717, 1.165) is 72.6 Å². The quantitative estimate of drug-likeness (QED) is 0.117. The molecule has 3 N–H and O–H groups in total. The monoisotopic (exact) mass is 797 g/mol. The van der Waals surface area contributed by atoms with Gasteiger partial charge in [0, 0.05) is 47.9 Å². The minimum atomic E-state index is -4.49. The highest BCUT2D eigenvalue weighted by Gasteiger charge is 2.38. The van der Waals surface area contributed by atoms with Crippen molar-refractivity contribution in [2.75, 3.05) is 43.4 Å². The van der Waals surface area contributed by atoms with Crippen molar-refractivity contribution in [3.05, 3.63) is 70.7 Å². The van der Waals surface area contributed by atoms with Crippen molar-refractivity contribution in [2.24, 2.45) is 11.8 Å². The molecule has 0 radical (unpaired) electrons. The Hall–Kier alpha value is -3.75. The minimum Gasteiger partial charge on any atom is -0.356 e. The molecule has 304 valence electrons. The van der Waals surface area contributed by atoms with Gasteiger partial charge in [0.25, 0.3) is 0 Å². The molecule has 2 atom stereocenters. The number of imide groups is 1. The molecule has 3 aliphatic heterocycles. The number of nitrogens with one attached hydrogen (secondary N) is 3. The number of piperidine rings is 3. The number of amides is 2. The van der Waals surface area contributed by atoms with Gasteiger partial charge in [-0.3, -0.25) is 19.6 Å². The van der Waals surface area contributed by atoms with Crippen molar-refractivity contribution in [3.8, 4) is 0 Å². The average molecular weight is 798 g/mol. The molecule has 0 spiro atoms. The number of aromatic nitrogens is 2. The van der Waals surface area contributed by atoms with Crippen LogP contribution in [0.5, 0.6) is 0 Å². The van der Waals surface area contributed by atoms with Gasteiger partial charge in [-0.05, 0) is 150 Å². The van der Waals surface area contributed by atoms with Crippen LogP contribution in [0.1, 0.15) is 112 Å². The third kappa shape index (κ3) is 11.0. The molecule has 2 amide bonds. The lowest BCUT2D eigenvalue weighted by Crippen LogP contribution is -2.39. The number of likely N-dealkylation sites (tertiary alicyclic amines) is 1. The number of aryl methyl sites for hydroxylation is 1. The topological polar surface area (TPSA) is 102 Å². The Morgan fingerprint density at radius 2 is 1.66 bits per heavy atom. The zero-order valence-electron chi connectivity index (χ0n) is 32.9. The van der Waals surface area contributed by atoms with Crippen molar-refractivity contribution < 1.29 is 27.2 Å². The molecule has 4 fully saturated rings. The van der Waals surface area contributed by atoms with E-state index in [4.69, 9.17) is 0 Å². The standard InChI is InChI=1S/C25H34F3N5S.C17H21FN2O2/c1-16-6-8-19(9-7-16)32-34-20-10-11-22(18(3)13-20)30-24-29-14-21(25(26,27)28)23(31-24)33-12-4-5-17(2)15-33;1-20-8-6-11(7-9-20)12-2-3-13(15(18)10-12)14-4-5-16(21)19-17(14)22/h10-11,13-14,16-17,19,32H,4-9,12,15H2,1-3H3,(H,29,30,31);2-3,10-11,14H,4-9H2,1H3,(H,19,21,22). The van der Waals surface area contributed by atoms with Crippen LogP contribution >= 0.6 is 11.9 Å². The van der Waals surface area contributed by atoms with E-state index < -0.39 is 17.7 Å². The maximum atomic E-state index is 14.5. The first-order valence-corrected chi connectivity index (χ1v) is 20.9. The molecule has 3 saturated heterocycles. The highest BCUT2D eigenvalue weighted by molar-refractivity contribution is 7.97. The van der Waals surface area contributed by atoms with Crippen LogP contribution in [0.4, 0.5) is 35.0 Å². The normalized spacial score (nSPS) is 24.0. The summed E-state index contributed by atoms with van der Waals surface area (Å²) in [4.78, 5) is 36.5. The van der Waals surface area contributed by atoms with Gasteiger partial charge in [-0.15, -0.1) is 0 Å². The first-order valence-electron chi connectivity index (χ1n) is 20.0. The van der Waals surface area contributed by atoms with Crippen LogP contribution in [-0.4, -0.2) is 66.0 Å². The number of hydrogen-bond acceptors (Lipinski definition) is 9. The molecule has 7 rings (SSSR count). The summed E-state index contributed by atoms with van der Waals surface area (Å²) in [6.45, 7) is 9.55.